The first-order valence-corrected chi connectivity index (χ1v) is 9.13. The minimum Gasteiger partial charge on any atom is -0.344 e. The van der Waals surface area contributed by atoms with Crippen molar-refractivity contribution in [3.05, 3.63) is 35.9 Å². The third kappa shape index (κ3) is 5.85. The van der Waals surface area contributed by atoms with Gasteiger partial charge in [-0.15, -0.1) is 0 Å². The van der Waals surface area contributed by atoms with Crippen LogP contribution in [0.2, 0.25) is 0 Å². The van der Waals surface area contributed by atoms with Gasteiger partial charge in [0.2, 0.25) is 11.8 Å². The molecular formula is C20H31N3O2. The van der Waals surface area contributed by atoms with E-state index in [-0.39, 0.29) is 11.8 Å². The van der Waals surface area contributed by atoms with Crippen molar-refractivity contribution in [3.8, 4) is 0 Å². The van der Waals surface area contributed by atoms with Gasteiger partial charge < -0.3 is 10.2 Å². The Bertz CT molecular complexity index is 572. The summed E-state index contributed by atoms with van der Waals surface area (Å²) < 4.78 is 0. The highest BCUT2D eigenvalue weighted by molar-refractivity contribution is 5.89. The molecule has 1 aliphatic heterocycles. The van der Waals surface area contributed by atoms with Crippen molar-refractivity contribution in [2.45, 2.75) is 40.2 Å². The molecule has 5 nitrogen and oxygen atoms in total. The molecule has 1 heterocycles. The minimum atomic E-state index is -0.481. The van der Waals surface area contributed by atoms with Crippen LogP contribution in [0.25, 0.3) is 0 Å². The van der Waals surface area contributed by atoms with E-state index >= 15 is 0 Å². The van der Waals surface area contributed by atoms with Crippen molar-refractivity contribution in [2.75, 3.05) is 32.7 Å². The summed E-state index contributed by atoms with van der Waals surface area (Å²) in [6, 6.07) is 10.0. The first-order chi connectivity index (χ1) is 11.8. The third-order valence-corrected chi connectivity index (χ3v) is 4.64. The summed E-state index contributed by atoms with van der Waals surface area (Å²) >= 11 is 0. The smallest absolute Gasteiger partial charge is 0.244 e. The lowest BCUT2D eigenvalue weighted by Gasteiger charge is -2.36. The molecule has 1 saturated heterocycles. The zero-order valence-electron chi connectivity index (χ0n) is 15.9. The highest BCUT2D eigenvalue weighted by Gasteiger charge is 2.29. The number of rotatable bonds is 5. The number of nitrogens with zero attached hydrogens (tertiary/aromatic N) is 2. The zero-order valence-corrected chi connectivity index (χ0v) is 15.9. The monoisotopic (exact) mass is 345 g/mol. The normalized spacial score (nSPS) is 17.2. The maximum atomic E-state index is 12.5. The molecule has 0 spiro atoms. The lowest BCUT2D eigenvalue weighted by atomic mass is 9.95. The minimum absolute atomic E-state index is 0.0142. The van der Waals surface area contributed by atoms with Crippen LogP contribution in [0, 0.1) is 5.41 Å². The largest absolute Gasteiger partial charge is 0.344 e. The fourth-order valence-electron chi connectivity index (χ4n) is 2.87. The van der Waals surface area contributed by atoms with E-state index in [2.05, 4.69) is 34.5 Å². The maximum Gasteiger partial charge on any atom is 0.244 e. The van der Waals surface area contributed by atoms with Crippen LogP contribution in [0.15, 0.2) is 30.3 Å². The van der Waals surface area contributed by atoms with Crippen LogP contribution in [0.5, 0.6) is 0 Å². The Balaban J connectivity index is 1.75. The van der Waals surface area contributed by atoms with Crippen molar-refractivity contribution >= 4 is 11.8 Å². The zero-order chi connectivity index (χ0) is 18.4. The molecule has 1 aliphatic rings. The van der Waals surface area contributed by atoms with E-state index in [1.165, 1.54) is 5.56 Å². The lowest BCUT2D eigenvalue weighted by Crippen LogP contribution is -2.55. The molecule has 2 rings (SSSR count). The van der Waals surface area contributed by atoms with Gasteiger partial charge >= 0.3 is 0 Å². The lowest BCUT2D eigenvalue weighted by molar-refractivity contribution is -0.139. The van der Waals surface area contributed by atoms with Gasteiger partial charge in [-0.05, 0) is 18.9 Å². The molecule has 25 heavy (non-hydrogen) atoms. The Morgan fingerprint density at radius 1 is 1.08 bits per heavy atom. The predicted octanol–water partition coefficient (Wildman–Crippen LogP) is 1.92. The number of carbonyl (C=O) groups is 2. The van der Waals surface area contributed by atoms with E-state index in [0.717, 1.165) is 39.1 Å². The van der Waals surface area contributed by atoms with E-state index < -0.39 is 11.5 Å². The summed E-state index contributed by atoms with van der Waals surface area (Å²) in [5, 5.41) is 2.83. The van der Waals surface area contributed by atoms with Gasteiger partial charge in [0.15, 0.2) is 0 Å². The van der Waals surface area contributed by atoms with E-state index in [0.29, 0.717) is 0 Å². The Labute approximate surface area is 151 Å². The van der Waals surface area contributed by atoms with Crippen LogP contribution < -0.4 is 5.32 Å². The van der Waals surface area contributed by atoms with Crippen LogP contribution in [-0.4, -0.2) is 60.4 Å². The fraction of sp³-hybridized carbons (Fsp3) is 0.600. The average Bonchev–Trinajstić information content (AvgIpc) is 2.59. The number of piperazine rings is 1. The van der Waals surface area contributed by atoms with Crippen molar-refractivity contribution in [3.63, 3.8) is 0 Å². The second-order valence-corrected chi connectivity index (χ2v) is 7.85. The second-order valence-electron chi connectivity index (χ2n) is 7.85. The molecule has 1 unspecified atom stereocenters. The standard InChI is InChI=1S/C20H31N3O2/c1-16(21-19(25)20(2,3)4)18(24)23-14-12-22(13-15-23)11-10-17-8-6-5-7-9-17/h5-9,16H,10-15H2,1-4H3,(H,21,25). The highest BCUT2D eigenvalue weighted by atomic mass is 16.2. The predicted molar refractivity (Wildman–Crippen MR) is 100 cm³/mol. The number of hydrogen-bond acceptors (Lipinski definition) is 3. The summed E-state index contributed by atoms with van der Waals surface area (Å²) in [5.74, 6) is -0.0739. The Morgan fingerprint density at radius 3 is 2.24 bits per heavy atom. The van der Waals surface area contributed by atoms with Gasteiger partial charge in [0.05, 0.1) is 0 Å². The molecule has 1 fully saturated rings. The Morgan fingerprint density at radius 2 is 1.68 bits per heavy atom. The van der Waals surface area contributed by atoms with Gasteiger partial charge in [-0.1, -0.05) is 51.1 Å². The third-order valence-electron chi connectivity index (χ3n) is 4.64. The summed E-state index contributed by atoms with van der Waals surface area (Å²) in [4.78, 5) is 28.8. The fourth-order valence-corrected chi connectivity index (χ4v) is 2.87. The van der Waals surface area contributed by atoms with Crippen LogP contribution in [0.1, 0.15) is 33.3 Å². The van der Waals surface area contributed by atoms with E-state index in [4.69, 9.17) is 0 Å². The van der Waals surface area contributed by atoms with E-state index in [9.17, 15) is 9.59 Å². The van der Waals surface area contributed by atoms with Crippen molar-refractivity contribution in [2.24, 2.45) is 5.41 Å². The molecule has 1 N–H and O–H groups in total. The van der Waals surface area contributed by atoms with E-state index in [1.54, 1.807) is 6.92 Å². The van der Waals surface area contributed by atoms with Crippen LogP contribution in [0.4, 0.5) is 0 Å². The van der Waals surface area contributed by atoms with Gasteiger partial charge in [-0.2, -0.15) is 0 Å². The van der Waals surface area contributed by atoms with Gasteiger partial charge in [0.25, 0.3) is 0 Å². The Hall–Kier alpha value is -1.88. The van der Waals surface area contributed by atoms with Crippen LogP contribution >= 0.6 is 0 Å². The quantitative estimate of drug-likeness (QED) is 0.887. The summed E-state index contributed by atoms with van der Waals surface area (Å²) in [6.45, 7) is 11.6. The van der Waals surface area contributed by atoms with Crippen molar-refractivity contribution in [1.29, 1.82) is 0 Å². The number of carbonyl (C=O) groups excluding carboxylic acids is 2. The number of benzene rings is 1. The molecule has 1 aromatic carbocycles. The van der Waals surface area contributed by atoms with Gasteiger partial charge in [-0.25, -0.2) is 0 Å². The van der Waals surface area contributed by atoms with Crippen LogP contribution in [0.3, 0.4) is 0 Å². The highest BCUT2D eigenvalue weighted by Crippen LogP contribution is 2.13. The molecule has 0 bridgehead atoms. The van der Waals surface area contributed by atoms with Crippen LogP contribution in [-0.2, 0) is 16.0 Å². The molecule has 1 aromatic rings. The number of nitrogens with one attached hydrogen (secondary N) is 1. The van der Waals surface area contributed by atoms with E-state index in [1.807, 2.05) is 31.7 Å². The van der Waals surface area contributed by atoms with Gasteiger partial charge in [-0.3, -0.25) is 14.5 Å². The summed E-state index contributed by atoms with van der Waals surface area (Å²) in [7, 11) is 0. The molecule has 2 amide bonds. The average molecular weight is 345 g/mol. The molecule has 138 valence electrons. The molecular weight excluding hydrogens is 314 g/mol. The first-order valence-electron chi connectivity index (χ1n) is 9.13. The maximum absolute atomic E-state index is 12.5. The van der Waals surface area contributed by atoms with Gasteiger partial charge in [0.1, 0.15) is 6.04 Å². The number of hydrogen-bond donors (Lipinski definition) is 1. The molecule has 0 aliphatic carbocycles. The Kier molecular flexibility index (Phi) is 6.59. The SMILES string of the molecule is CC(NC(=O)C(C)(C)C)C(=O)N1CCN(CCc2ccccc2)CC1. The molecule has 0 aromatic heterocycles. The first kappa shape index (κ1) is 19.4. The second kappa shape index (κ2) is 8.48. The molecule has 0 radical (unpaired) electrons. The van der Waals surface area contributed by atoms with Crippen molar-refractivity contribution in [1.82, 2.24) is 15.1 Å². The van der Waals surface area contributed by atoms with Gasteiger partial charge in [0, 0.05) is 38.1 Å². The topological polar surface area (TPSA) is 52.7 Å². The molecule has 5 heteroatoms. The number of amides is 2. The molecule has 1 atom stereocenters. The summed E-state index contributed by atoms with van der Waals surface area (Å²) in [5.41, 5.74) is 0.865. The summed E-state index contributed by atoms with van der Waals surface area (Å²) in [6.07, 6.45) is 1.03. The molecule has 0 saturated carbocycles. The van der Waals surface area contributed by atoms with Crippen molar-refractivity contribution < 1.29 is 9.59 Å².